The summed E-state index contributed by atoms with van der Waals surface area (Å²) in [6.45, 7) is 3.14. The van der Waals surface area contributed by atoms with Crippen LogP contribution >= 0.6 is 23.4 Å². The standard InChI is InChI=1S/C11H15ClN2O2S2/c1-9-8-14(4-5-17-9)18(15,16)11-3-2-10(6-12)7-13-11/h2-3,7,9H,4-6,8H2,1H3. The van der Waals surface area contributed by atoms with Crippen molar-refractivity contribution in [3.63, 3.8) is 0 Å². The van der Waals surface area contributed by atoms with E-state index in [9.17, 15) is 8.42 Å². The molecule has 4 nitrogen and oxygen atoms in total. The molecule has 0 bridgehead atoms. The number of aromatic nitrogens is 1. The molecular formula is C11H15ClN2O2S2. The third-order valence-corrected chi connectivity index (χ3v) is 5.99. The van der Waals surface area contributed by atoms with Crippen molar-refractivity contribution in [3.05, 3.63) is 23.9 Å². The molecule has 7 heteroatoms. The molecular weight excluding hydrogens is 292 g/mol. The number of hydrogen-bond acceptors (Lipinski definition) is 4. The minimum atomic E-state index is -3.45. The lowest BCUT2D eigenvalue weighted by Crippen LogP contribution is -2.41. The van der Waals surface area contributed by atoms with E-state index in [1.165, 1.54) is 16.6 Å². The van der Waals surface area contributed by atoms with Gasteiger partial charge in [0.05, 0.1) is 0 Å². The van der Waals surface area contributed by atoms with Gasteiger partial charge in [-0.05, 0) is 11.6 Å². The molecule has 0 radical (unpaired) electrons. The maximum absolute atomic E-state index is 12.4. The van der Waals surface area contributed by atoms with Crippen LogP contribution in [-0.2, 0) is 15.9 Å². The van der Waals surface area contributed by atoms with Gasteiger partial charge < -0.3 is 0 Å². The van der Waals surface area contributed by atoms with Crippen LogP contribution in [-0.4, -0.2) is 41.8 Å². The van der Waals surface area contributed by atoms with Crippen molar-refractivity contribution in [3.8, 4) is 0 Å². The van der Waals surface area contributed by atoms with E-state index in [1.807, 2.05) is 6.92 Å². The fourth-order valence-corrected chi connectivity index (χ4v) is 4.60. The average Bonchev–Trinajstić information content (AvgIpc) is 2.39. The van der Waals surface area contributed by atoms with Gasteiger partial charge >= 0.3 is 0 Å². The Labute approximate surface area is 117 Å². The molecule has 1 aromatic rings. The molecule has 0 spiro atoms. The number of rotatable bonds is 3. The van der Waals surface area contributed by atoms with Crippen LogP contribution in [0.2, 0.25) is 0 Å². The highest BCUT2D eigenvalue weighted by molar-refractivity contribution is 8.00. The van der Waals surface area contributed by atoms with Crippen molar-refractivity contribution in [2.75, 3.05) is 18.8 Å². The van der Waals surface area contributed by atoms with E-state index in [1.54, 1.807) is 17.8 Å². The molecule has 100 valence electrons. The summed E-state index contributed by atoms with van der Waals surface area (Å²) >= 11 is 7.45. The van der Waals surface area contributed by atoms with Gasteiger partial charge in [-0.1, -0.05) is 13.0 Å². The minimum absolute atomic E-state index is 0.107. The highest BCUT2D eigenvalue weighted by Crippen LogP contribution is 2.23. The molecule has 0 saturated carbocycles. The first-order valence-electron chi connectivity index (χ1n) is 5.66. The molecule has 1 atom stereocenters. The second-order valence-electron chi connectivity index (χ2n) is 4.18. The van der Waals surface area contributed by atoms with Crippen LogP contribution in [0.3, 0.4) is 0 Å². The van der Waals surface area contributed by atoms with E-state index in [0.29, 0.717) is 24.2 Å². The molecule has 0 aliphatic carbocycles. The zero-order valence-corrected chi connectivity index (χ0v) is 12.4. The van der Waals surface area contributed by atoms with Crippen LogP contribution in [0.1, 0.15) is 12.5 Å². The molecule has 1 aliphatic rings. The number of nitrogens with zero attached hydrogens (tertiary/aromatic N) is 2. The van der Waals surface area contributed by atoms with Gasteiger partial charge in [0.1, 0.15) is 0 Å². The molecule has 0 amide bonds. The van der Waals surface area contributed by atoms with Crippen molar-refractivity contribution in [2.45, 2.75) is 23.1 Å². The van der Waals surface area contributed by atoms with Crippen molar-refractivity contribution in [1.82, 2.24) is 9.29 Å². The predicted octanol–water partition coefficient (Wildman–Crippen LogP) is 1.95. The van der Waals surface area contributed by atoms with Gasteiger partial charge in [0.2, 0.25) is 0 Å². The Hall–Kier alpha value is -0.300. The molecule has 18 heavy (non-hydrogen) atoms. The topological polar surface area (TPSA) is 50.3 Å². The lowest BCUT2D eigenvalue weighted by atomic mass is 10.3. The maximum atomic E-state index is 12.4. The number of pyridine rings is 1. The molecule has 0 N–H and O–H groups in total. The van der Waals surface area contributed by atoms with Gasteiger partial charge in [0.15, 0.2) is 5.03 Å². The second kappa shape index (κ2) is 5.77. The molecule has 1 fully saturated rings. The summed E-state index contributed by atoms with van der Waals surface area (Å²) in [5.41, 5.74) is 0.818. The summed E-state index contributed by atoms with van der Waals surface area (Å²) in [7, 11) is -3.45. The molecule has 1 saturated heterocycles. The quantitative estimate of drug-likeness (QED) is 0.801. The monoisotopic (exact) mass is 306 g/mol. The number of halogens is 1. The Bertz CT molecular complexity index is 504. The smallest absolute Gasteiger partial charge is 0.243 e. The van der Waals surface area contributed by atoms with Crippen LogP contribution in [0.15, 0.2) is 23.4 Å². The fourth-order valence-electron chi connectivity index (χ4n) is 1.78. The lowest BCUT2D eigenvalue weighted by Gasteiger charge is -2.29. The molecule has 1 unspecified atom stereocenters. The Kier molecular flexibility index (Phi) is 4.53. The van der Waals surface area contributed by atoms with Crippen molar-refractivity contribution in [2.24, 2.45) is 0 Å². The van der Waals surface area contributed by atoms with Crippen LogP contribution in [0.5, 0.6) is 0 Å². The van der Waals surface area contributed by atoms with Gasteiger partial charge in [-0.2, -0.15) is 16.1 Å². The van der Waals surface area contributed by atoms with Crippen LogP contribution in [0.25, 0.3) is 0 Å². The molecule has 2 heterocycles. The van der Waals surface area contributed by atoms with Gasteiger partial charge in [-0.15, -0.1) is 11.6 Å². The summed E-state index contributed by atoms with van der Waals surface area (Å²) in [5.74, 6) is 1.17. The molecule has 1 aromatic heterocycles. The summed E-state index contributed by atoms with van der Waals surface area (Å²) in [5, 5.41) is 0.436. The average molecular weight is 307 g/mol. The highest BCUT2D eigenvalue weighted by atomic mass is 35.5. The highest BCUT2D eigenvalue weighted by Gasteiger charge is 2.29. The largest absolute Gasteiger partial charge is 0.260 e. The number of hydrogen-bond donors (Lipinski definition) is 0. The van der Waals surface area contributed by atoms with Crippen LogP contribution < -0.4 is 0 Å². The first kappa shape index (κ1) is 14.1. The number of alkyl halides is 1. The summed E-state index contributed by atoms with van der Waals surface area (Å²) in [4.78, 5) is 4.00. The Morgan fingerprint density at radius 2 is 2.33 bits per heavy atom. The minimum Gasteiger partial charge on any atom is -0.243 e. The van der Waals surface area contributed by atoms with Crippen molar-refractivity contribution in [1.29, 1.82) is 0 Å². The fraction of sp³-hybridized carbons (Fsp3) is 0.545. The Morgan fingerprint density at radius 3 is 2.89 bits per heavy atom. The summed E-state index contributed by atoms with van der Waals surface area (Å²) < 4.78 is 26.2. The van der Waals surface area contributed by atoms with Gasteiger partial charge in [0.25, 0.3) is 10.0 Å². The van der Waals surface area contributed by atoms with E-state index in [2.05, 4.69) is 4.98 Å². The maximum Gasteiger partial charge on any atom is 0.260 e. The zero-order valence-electron chi connectivity index (χ0n) is 10.0. The Morgan fingerprint density at radius 1 is 1.56 bits per heavy atom. The summed E-state index contributed by atoms with van der Waals surface area (Å²) in [6, 6.07) is 3.23. The van der Waals surface area contributed by atoms with Crippen molar-refractivity contribution >= 4 is 33.4 Å². The molecule has 2 rings (SSSR count). The van der Waals surface area contributed by atoms with Crippen LogP contribution in [0, 0.1) is 0 Å². The van der Waals surface area contributed by atoms with Crippen LogP contribution in [0.4, 0.5) is 0 Å². The van der Waals surface area contributed by atoms with Gasteiger partial charge in [-0.25, -0.2) is 13.4 Å². The number of thioether (sulfide) groups is 1. The Balaban J connectivity index is 2.23. The second-order valence-corrected chi connectivity index (χ2v) is 7.88. The van der Waals surface area contributed by atoms with Gasteiger partial charge in [-0.3, -0.25) is 0 Å². The van der Waals surface area contributed by atoms with E-state index in [0.717, 1.165) is 11.3 Å². The first-order valence-corrected chi connectivity index (χ1v) is 8.69. The summed E-state index contributed by atoms with van der Waals surface area (Å²) in [6.07, 6.45) is 1.52. The SMILES string of the molecule is CC1CN(S(=O)(=O)c2ccc(CCl)cn2)CCS1. The first-order chi connectivity index (χ1) is 8.54. The third kappa shape index (κ3) is 2.99. The molecule has 1 aliphatic heterocycles. The number of sulfonamides is 1. The van der Waals surface area contributed by atoms with Gasteiger partial charge in [0, 0.05) is 36.2 Å². The van der Waals surface area contributed by atoms with E-state index >= 15 is 0 Å². The van der Waals surface area contributed by atoms with E-state index < -0.39 is 10.0 Å². The van der Waals surface area contributed by atoms with E-state index in [-0.39, 0.29) is 5.03 Å². The van der Waals surface area contributed by atoms with Crippen molar-refractivity contribution < 1.29 is 8.42 Å². The predicted molar refractivity (Wildman–Crippen MR) is 74.5 cm³/mol. The lowest BCUT2D eigenvalue weighted by molar-refractivity contribution is 0.422. The zero-order chi connectivity index (χ0) is 13.2. The normalized spacial score (nSPS) is 22.0. The molecule has 0 aromatic carbocycles. The van der Waals surface area contributed by atoms with E-state index in [4.69, 9.17) is 11.6 Å². The third-order valence-electron chi connectivity index (χ3n) is 2.76.